The summed E-state index contributed by atoms with van der Waals surface area (Å²) in [7, 11) is 0. The molecule has 0 radical (unpaired) electrons. The van der Waals surface area contributed by atoms with E-state index >= 15 is 0 Å². The van der Waals surface area contributed by atoms with Crippen LogP contribution in [0.3, 0.4) is 0 Å². The maximum absolute atomic E-state index is 13.0. The Morgan fingerprint density at radius 3 is 2.76 bits per heavy atom. The van der Waals surface area contributed by atoms with Gasteiger partial charge in [-0.05, 0) is 79.6 Å². The summed E-state index contributed by atoms with van der Waals surface area (Å²) < 4.78 is 12.9. The Bertz CT molecular complexity index is 1150. The van der Waals surface area contributed by atoms with E-state index in [1.165, 1.54) is 10.3 Å². The summed E-state index contributed by atoms with van der Waals surface area (Å²) in [6.07, 6.45) is 3.61. The first kappa shape index (κ1) is 24.4. The Hall–Kier alpha value is -2.74. The predicted octanol–water partition coefficient (Wildman–Crippen LogP) is 5.90. The van der Waals surface area contributed by atoms with Crippen molar-refractivity contribution in [3.63, 3.8) is 0 Å². The molecule has 0 saturated heterocycles. The molecule has 2 atom stereocenters. The minimum atomic E-state index is -0.457. The predicted molar refractivity (Wildman–Crippen MR) is 137 cm³/mol. The number of aryl methyl sites for hydroxylation is 1. The number of aliphatic hydroxyl groups excluding tert-OH is 1. The Balaban J connectivity index is 1.42. The molecular formula is C27H32N2O4S. The summed E-state index contributed by atoms with van der Waals surface area (Å²) >= 11 is 1.66. The monoisotopic (exact) mass is 480 g/mol. The van der Waals surface area contributed by atoms with E-state index in [2.05, 4.69) is 38.2 Å². The van der Waals surface area contributed by atoms with Gasteiger partial charge in [0.15, 0.2) is 5.76 Å². The lowest BCUT2D eigenvalue weighted by Gasteiger charge is -2.30. The first-order chi connectivity index (χ1) is 16.4. The van der Waals surface area contributed by atoms with E-state index < -0.39 is 6.29 Å². The van der Waals surface area contributed by atoms with Crippen LogP contribution < -0.4 is 5.32 Å². The molecular weight excluding hydrogens is 448 g/mol. The molecule has 0 unspecified atom stereocenters. The summed E-state index contributed by atoms with van der Waals surface area (Å²) in [5.41, 5.74) is 3.93. The zero-order chi connectivity index (χ0) is 24.1. The molecule has 1 aromatic heterocycles. The molecule has 3 aromatic rings. The van der Waals surface area contributed by atoms with Crippen molar-refractivity contribution in [2.24, 2.45) is 11.8 Å². The minimum absolute atomic E-state index is 0.147. The quantitative estimate of drug-likeness (QED) is 0.373. The largest absolute Gasteiger partial charge is 0.459 e. The van der Waals surface area contributed by atoms with Crippen LogP contribution in [0, 0.1) is 18.8 Å². The summed E-state index contributed by atoms with van der Waals surface area (Å²) in [6.45, 7) is 6.99. The van der Waals surface area contributed by atoms with E-state index in [9.17, 15) is 4.79 Å². The standard InChI is InChI=1S/C27H32N2O4S/c1-17(2)20-15-23(33-25(16-20)32-13-5-4-12-30)26(31)28-21-9-7-19(8-10-21)27-29-22-11-6-18(3)14-24(22)34-27/h6-11,14-15,17,20,25,30H,4-5,12-13,16H2,1-3H3,(H,28,31)/t20-,25+/m1/s1. The Kier molecular flexibility index (Phi) is 7.98. The van der Waals surface area contributed by atoms with Gasteiger partial charge in [-0.15, -0.1) is 11.3 Å². The van der Waals surface area contributed by atoms with Gasteiger partial charge in [-0.25, -0.2) is 4.98 Å². The van der Waals surface area contributed by atoms with Crippen molar-refractivity contribution in [1.29, 1.82) is 0 Å². The molecule has 2 heterocycles. The maximum Gasteiger partial charge on any atom is 0.290 e. The highest BCUT2D eigenvalue weighted by atomic mass is 32.1. The first-order valence-corrected chi connectivity index (χ1v) is 12.6. The van der Waals surface area contributed by atoms with Crippen molar-refractivity contribution in [3.8, 4) is 10.6 Å². The Morgan fingerprint density at radius 1 is 1.24 bits per heavy atom. The van der Waals surface area contributed by atoms with Gasteiger partial charge in [-0.3, -0.25) is 4.79 Å². The van der Waals surface area contributed by atoms with Crippen LogP contribution in [0.4, 0.5) is 5.69 Å². The van der Waals surface area contributed by atoms with E-state index in [4.69, 9.17) is 19.6 Å². The molecule has 6 nitrogen and oxygen atoms in total. The molecule has 0 spiro atoms. The lowest BCUT2D eigenvalue weighted by atomic mass is 9.90. The number of thiazole rings is 1. The van der Waals surface area contributed by atoms with Gasteiger partial charge >= 0.3 is 0 Å². The summed E-state index contributed by atoms with van der Waals surface area (Å²) in [6, 6.07) is 14.0. The summed E-state index contributed by atoms with van der Waals surface area (Å²) in [5.74, 6) is 0.578. The van der Waals surface area contributed by atoms with Crippen molar-refractivity contribution in [2.75, 3.05) is 18.5 Å². The van der Waals surface area contributed by atoms with Gasteiger partial charge in [0.05, 0.1) is 16.8 Å². The number of hydrogen-bond donors (Lipinski definition) is 2. The molecule has 0 fully saturated rings. The molecule has 1 amide bonds. The molecule has 0 aliphatic carbocycles. The van der Waals surface area contributed by atoms with Crippen molar-refractivity contribution >= 4 is 33.1 Å². The van der Waals surface area contributed by atoms with E-state index in [0.717, 1.165) is 22.5 Å². The van der Waals surface area contributed by atoms with Gasteiger partial charge in [-0.1, -0.05) is 19.9 Å². The second-order valence-corrected chi connectivity index (χ2v) is 10.1. The van der Waals surface area contributed by atoms with E-state index in [1.54, 1.807) is 11.3 Å². The number of aliphatic hydroxyl groups is 1. The Morgan fingerprint density at radius 2 is 2.03 bits per heavy atom. The minimum Gasteiger partial charge on any atom is -0.459 e. The van der Waals surface area contributed by atoms with Gasteiger partial charge in [-0.2, -0.15) is 0 Å². The van der Waals surface area contributed by atoms with Gasteiger partial charge in [0.1, 0.15) is 5.01 Å². The van der Waals surface area contributed by atoms with E-state index in [0.29, 0.717) is 36.8 Å². The number of nitrogens with one attached hydrogen (secondary N) is 1. The molecule has 2 N–H and O–H groups in total. The lowest BCUT2D eigenvalue weighted by molar-refractivity contribution is -0.148. The smallest absolute Gasteiger partial charge is 0.290 e. The van der Waals surface area contributed by atoms with E-state index in [-0.39, 0.29) is 18.4 Å². The second-order valence-electron chi connectivity index (χ2n) is 9.05. The highest BCUT2D eigenvalue weighted by Crippen LogP contribution is 2.32. The molecule has 0 saturated carbocycles. The fraction of sp³-hybridized carbons (Fsp3) is 0.407. The molecule has 1 aliphatic heterocycles. The van der Waals surface area contributed by atoms with Crippen LogP contribution in [-0.2, 0) is 14.3 Å². The number of amides is 1. The number of unbranched alkanes of at least 4 members (excludes halogenated alkanes) is 1. The number of fused-ring (bicyclic) bond motifs is 1. The van der Waals surface area contributed by atoms with Crippen molar-refractivity contribution < 1.29 is 19.4 Å². The number of nitrogens with zero attached hydrogens (tertiary/aromatic N) is 1. The number of anilines is 1. The molecule has 4 rings (SSSR count). The molecule has 2 aromatic carbocycles. The number of aromatic nitrogens is 1. The number of rotatable bonds is 9. The number of carbonyl (C=O) groups excluding carboxylic acids is 1. The maximum atomic E-state index is 13.0. The van der Waals surface area contributed by atoms with Crippen LogP contribution in [0.2, 0.25) is 0 Å². The van der Waals surface area contributed by atoms with Crippen LogP contribution in [0.1, 0.15) is 38.7 Å². The van der Waals surface area contributed by atoms with Crippen molar-refractivity contribution in [1.82, 2.24) is 4.98 Å². The number of benzene rings is 2. The molecule has 1 aliphatic rings. The van der Waals surface area contributed by atoms with Gasteiger partial charge in [0.2, 0.25) is 6.29 Å². The second kappa shape index (κ2) is 11.1. The van der Waals surface area contributed by atoms with Crippen molar-refractivity contribution in [2.45, 2.75) is 46.3 Å². The molecule has 180 valence electrons. The fourth-order valence-corrected chi connectivity index (χ4v) is 4.95. The van der Waals surface area contributed by atoms with Gasteiger partial charge in [0, 0.05) is 24.3 Å². The molecule has 0 bridgehead atoms. The zero-order valence-electron chi connectivity index (χ0n) is 19.9. The topological polar surface area (TPSA) is 80.7 Å². The van der Waals surface area contributed by atoms with E-state index in [1.807, 2.05) is 36.4 Å². The van der Waals surface area contributed by atoms with Crippen LogP contribution >= 0.6 is 11.3 Å². The average molecular weight is 481 g/mol. The molecule has 7 heteroatoms. The third kappa shape index (κ3) is 6.03. The fourth-order valence-electron chi connectivity index (χ4n) is 3.88. The summed E-state index contributed by atoms with van der Waals surface area (Å²) in [4.78, 5) is 17.7. The SMILES string of the molecule is Cc1ccc2nc(-c3ccc(NC(=O)C4=C[C@@H](C(C)C)C[C@@H](OCCCCO)O4)cc3)sc2c1. The number of ether oxygens (including phenoxy) is 2. The zero-order valence-corrected chi connectivity index (χ0v) is 20.7. The van der Waals surface area contributed by atoms with Crippen LogP contribution in [0.25, 0.3) is 20.8 Å². The number of allylic oxidation sites excluding steroid dienone is 1. The lowest BCUT2D eigenvalue weighted by Crippen LogP contribution is -2.31. The van der Waals surface area contributed by atoms with Crippen LogP contribution in [0.15, 0.2) is 54.3 Å². The third-order valence-corrected chi connectivity index (χ3v) is 7.03. The van der Waals surface area contributed by atoms with Crippen LogP contribution in [0.5, 0.6) is 0 Å². The normalized spacial score (nSPS) is 18.1. The van der Waals surface area contributed by atoms with Gasteiger partial charge < -0.3 is 19.9 Å². The Labute approximate surface area is 204 Å². The van der Waals surface area contributed by atoms with Crippen molar-refractivity contribution in [3.05, 3.63) is 59.9 Å². The third-order valence-electron chi connectivity index (χ3n) is 5.96. The highest BCUT2D eigenvalue weighted by molar-refractivity contribution is 7.21. The van der Waals surface area contributed by atoms with Gasteiger partial charge in [0.25, 0.3) is 5.91 Å². The first-order valence-electron chi connectivity index (χ1n) is 11.8. The summed E-state index contributed by atoms with van der Waals surface area (Å²) in [5, 5.41) is 12.8. The average Bonchev–Trinajstić information content (AvgIpc) is 3.25. The van der Waals surface area contributed by atoms with Crippen LogP contribution in [-0.4, -0.2) is 35.5 Å². The highest BCUT2D eigenvalue weighted by Gasteiger charge is 2.29. The molecule has 34 heavy (non-hydrogen) atoms. The number of carbonyl (C=O) groups is 1. The number of hydrogen-bond acceptors (Lipinski definition) is 6.